The van der Waals surface area contributed by atoms with Crippen molar-refractivity contribution < 1.29 is 14.3 Å². The summed E-state index contributed by atoms with van der Waals surface area (Å²) in [6, 6.07) is 14.9. The minimum atomic E-state index is -0.423. The first-order valence-electron chi connectivity index (χ1n) is 8.38. The molecule has 0 radical (unpaired) electrons. The molecule has 2 aromatic rings. The Bertz CT molecular complexity index is 726. The second-order valence-corrected chi connectivity index (χ2v) is 5.98. The average molecular weight is 340 g/mol. The van der Waals surface area contributed by atoms with Crippen molar-refractivity contribution in [1.82, 2.24) is 10.9 Å². The number of aryl methyl sites for hydroxylation is 1. The molecule has 25 heavy (non-hydrogen) atoms. The number of carbonyl (C=O) groups excluding carboxylic acids is 2. The molecule has 0 aliphatic rings. The Hall–Kier alpha value is -2.82. The SMILES string of the molecule is CCC(C)c1ccc(OCC(=O)NNC(=O)c2ccccc2C)cc1. The van der Waals surface area contributed by atoms with E-state index in [4.69, 9.17) is 4.74 Å². The molecule has 0 fully saturated rings. The van der Waals surface area contributed by atoms with Crippen LogP contribution in [0.4, 0.5) is 0 Å². The second-order valence-electron chi connectivity index (χ2n) is 5.98. The Labute approximate surface area is 148 Å². The lowest BCUT2D eigenvalue weighted by molar-refractivity contribution is -0.123. The molecule has 132 valence electrons. The monoisotopic (exact) mass is 340 g/mol. The molecule has 2 amide bonds. The fraction of sp³-hybridized carbons (Fsp3) is 0.300. The van der Waals surface area contributed by atoms with Crippen LogP contribution in [0.5, 0.6) is 5.75 Å². The Kier molecular flexibility index (Phi) is 6.57. The Balaban J connectivity index is 1.79. The van der Waals surface area contributed by atoms with E-state index in [1.165, 1.54) is 5.56 Å². The molecule has 0 saturated heterocycles. The zero-order valence-corrected chi connectivity index (χ0v) is 14.8. The molecule has 0 heterocycles. The molecule has 0 aromatic heterocycles. The molecule has 5 nitrogen and oxygen atoms in total. The van der Waals surface area contributed by atoms with E-state index >= 15 is 0 Å². The number of hydrogen-bond donors (Lipinski definition) is 2. The van der Waals surface area contributed by atoms with Gasteiger partial charge in [0.25, 0.3) is 11.8 Å². The number of hydrogen-bond acceptors (Lipinski definition) is 3. The zero-order valence-electron chi connectivity index (χ0n) is 14.8. The number of hydrazine groups is 1. The van der Waals surface area contributed by atoms with Crippen molar-refractivity contribution in [2.45, 2.75) is 33.1 Å². The van der Waals surface area contributed by atoms with Crippen LogP contribution in [0.2, 0.25) is 0 Å². The van der Waals surface area contributed by atoms with Gasteiger partial charge in [-0.1, -0.05) is 44.2 Å². The van der Waals surface area contributed by atoms with Gasteiger partial charge >= 0.3 is 0 Å². The molecule has 5 heteroatoms. The smallest absolute Gasteiger partial charge is 0.276 e. The van der Waals surface area contributed by atoms with Crippen molar-refractivity contribution in [3.8, 4) is 5.75 Å². The highest BCUT2D eigenvalue weighted by atomic mass is 16.5. The largest absolute Gasteiger partial charge is 0.484 e. The van der Waals surface area contributed by atoms with E-state index in [1.54, 1.807) is 12.1 Å². The molecule has 0 aliphatic carbocycles. The number of amides is 2. The minimum absolute atomic E-state index is 0.170. The Morgan fingerprint density at radius 1 is 1.04 bits per heavy atom. The summed E-state index contributed by atoms with van der Waals surface area (Å²) >= 11 is 0. The maximum atomic E-state index is 12.0. The van der Waals surface area contributed by atoms with Crippen molar-refractivity contribution in [2.75, 3.05) is 6.61 Å². The number of ether oxygens (including phenoxy) is 1. The van der Waals surface area contributed by atoms with E-state index in [-0.39, 0.29) is 12.5 Å². The molecule has 1 atom stereocenters. The quantitative estimate of drug-likeness (QED) is 0.793. The van der Waals surface area contributed by atoms with Crippen molar-refractivity contribution >= 4 is 11.8 Å². The lowest BCUT2D eigenvalue weighted by Gasteiger charge is -2.11. The maximum absolute atomic E-state index is 12.0. The second kappa shape index (κ2) is 8.87. The summed E-state index contributed by atoms with van der Waals surface area (Å²) < 4.78 is 5.43. The van der Waals surface area contributed by atoms with Crippen molar-refractivity contribution in [2.24, 2.45) is 0 Å². The first-order chi connectivity index (χ1) is 12.0. The standard InChI is InChI=1S/C20H24N2O3/c1-4-14(2)16-9-11-17(12-10-16)25-13-19(23)21-22-20(24)18-8-6-5-7-15(18)3/h5-12,14H,4,13H2,1-3H3,(H,21,23)(H,22,24). The fourth-order valence-electron chi connectivity index (χ4n) is 2.33. The highest BCUT2D eigenvalue weighted by Gasteiger charge is 2.10. The molecule has 0 bridgehead atoms. The van der Waals surface area contributed by atoms with Crippen molar-refractivity contribution in [1.29, 1.82) is 0 Å². The predicted octanol–water partition coefficient (Wildman–Crippen LogP) is 3.35. The van der Waals surface area contributed by atoms with Gasteiger partial charge in [-0.15, -0.1) is 0 Å². The molecule has 2 N–H and O–H groups in total. The summed E-state index contributed by atoms with van der Waals surface area (Å²) in [5.41, 5.74) is 7.34. The Morgan fingerprint density at radius 3 is 2.36 bits per heavy atom. The van der Waals surface area contributed by atoms with Crippen LogP contribution in [0, 0.1) is 6.92 Å². The van der Waals surface area contributed by atoms with Gasteiger partial charge in [-0.25, -0.2) is 0 Å². The van der Waals surface area contributed by atoms with Crippen LogP contribution < -0.4 is 15.6 Å². The number of benzene rings is 2. The van der Waals surface area contributed by atoms with E-state index in [1.807, 2.05) is 43.3 Å². The maximum Gasteiger partial charge on any atom is 0.276 e. The van der Waals surface area contributed by atoms with Gasteiger partial charge in [0.15, 0.2) is 6.61 Å². The third-order valence-corrected chi connectivity index (χ3v) is 4.14. The summed E-state index contributed by atoms with van der Waals surface area (Å²) in [7, 11) is 0. The van der Waals surface area contributed by atoms with Gasteiger partial charge in [0.2, 0.25) is 0 Å². The van der Waals surface area contributed by atoms with Crippen LogP contribution in [-0.4, -0.2) is 18.4 Å². The van der Waals surface area contributed by atoms with Gasteiger partial charge in [-0.3, -0.25) is 20.4 Å². The van der Waals surface area contributed by atoms with Gasteiger partial charge < -0.3 is 4.74 Å². The first-order valence-corrected chi connectivity index (χ1v) is 8.38. The molecule has 2 rings (SSSR count). The number of nitrogens with one attached hydrogen (secondary N) is 2. The summed E-state index contributed by atoms with van der Waals surface area (Å²) in [5.74, 6) is 0.332. The van der Waals surface area contributed by atoms with Crippen molar-refractivity contribution in [3.05, 3.63) is 65.2 Å². The van der Waals surface area contributed by atoms with E-state index in [2.05, 4.69) is 24.7 Å². The van der Waals surface area contributed by atoms with E-state index in [9.17, 15) is 9.59 Å². The summed E-state index contributed by atoms with van der Waals surface area (Å²) in [4.78, 5) is 23.8. The Morgan fingerprint density at radius 2 is 1.72 bits per heavy atom. The molecular weight excluding hydrogens is 316 g/mol. The van der Waals surface area contributed by atoms with Gasteiger partial charge in [-0.05, 0) is 48.6 Å². The van der Waals surface area contributed by atoms with E-state index in [0.717, 1.165) is 12.0 Å². The molecular formula is C20H24N2O3. The van der Waals surface area contributed by atoms with Crippen LogP contribution in [0.1, 0.15) is 47.7 Å². The third kappa shape index (κ3) is 5.35. The highest BCUT2D eigenvalue weighted by Crippen LogP contribution is 2.21. The average Bonchev–Trinajstić information content (AvgIpc) is 2.64. The lowest BCUT2D eigenvalue weighted by Crippen LogP contribution is -2.44. The van der Waals surface area contributed by atoms with Crippen LogP contribution in [0.25, 0.3) is 0 Å². The van der Waals surface area contributed by atoms with E-state index < -0.39 is 5.91 Å². The lowest BCUT2D eigenvalue weighted by atomic mass is 9.99. The van der Waals surface area contributed by atoms with Crippen LogP contribution in [0.15, 0.2) is 48.5 Å². The van der Waals surface area contributed by atoms with Gasteiger partial charge in [0.05, 0.1) is 0 Å². The molecule has 2 aromatic carbocycles. The summed E-state index contributed by atoms with van der Waals surface area (Å²) in [6.45, 7) is 5.98. The van der Waals surface area contributed by atoms with Crippen molar-refractivity contribution in [3.63, 3.8) is 0 Å². The summed E-state index contributed by atoms with van der Waals surface area (Å²) in [5, 5.41) is 0. The van der Waals surface area contributed by atoms with Gasteiger partial charge in [0, 0.05) is 5.56 Å². The number of rotatable bonds is 6. The van der Waals surface area contributed by atoms with Crippen LogP contribution in [0.3, 0.4) is 0 Å². The molecule has 0 aliphatic heterocycles. The number of carbonyl (C=O) groups is 2. The minimum Gasteiger partial charge on any atom is -0.484 e. The van der Waals surface area contributed by atoms with Gasteiger partial charge in [-0.2, -0.15) is 0 Å². The third-order valence-electron chi connectivity index (χ3n) is 4.14. The molecule has 1 unspecified atom stereocenters. The first kappa shape index (κ1) is 18.5. The molecule has 0 spiro atoms. The fourth-order valence-corrected chi connectivity index (χ4v) is 2.33. The topological polar surface area (TPSA) is 67.4 Å². The van der Waals surface area contributed by atoms with Gasteiger partial charge in [0.1, 0.15) is 5.75 Å². The van der Waals surface area contributed by atoms with Crippen LogP contribution >= 0.6 is 0 Å². The highest BCUT2D eigenvalue weighted by molar-refractivity contribution is 5.96. The van der Waals surface area contributed by atoms with Crippen LogP contribution in [-0.2, 0) is 4.79 Å². The predicted molar refractivity (Wildman–Crippen MR) is 97.4 cm³/mol. The van der Waals surface area contributed by atoms with E-state index in [0.29, 0.717) is 17.2 Å². The summed E-state index contributed by atoms with van der Waals surface area (Å²) in [6.07, 6.45) is 1.07. The normalized spacial score (nSPS) is 11.5. The zero-order chi connectivity index (χ0) is 18.2. The molecule has 0 saturated carbocycles.